The zero-order valence-corrected chi connectivity index (χ0v) is 7.32. The van der Waals surface area contributed by atoms with Crippen LogP contribution in [0.15, 0.2) is 12.3 Å². The van der Waals surface area contributed by atoms with Crippen LogP contribution in [-0.2, 0) is 18.4 Å². The quantitative estimate of drug-likeness (QED) is 0.705. The van der Waals surface area contributed by atoms with E-state index >= 15 is 0 Å². The third-order valence-electron chi connectivity index (χ3n) is 1.63. The van der Waals surface area contributed by atoms with Crippen LogP contribution in [0.25, 0.3) is 0 Å². The minimum atomic E-state index is -0.260. The fraction of sp³-hybridized carbons (Fsp3) is 0.375. The highest BCUT2D eigenvalue weighted by Gasteiger charge is 2.01. The third kappa shape index (κ3) is 2.60. The molecule has 0 saturated carbocycles. The molecule has 0 radical (unpaired) electrons. The lowest BCUT2D eigenvalue weighted by Crippen LogP contribution is -2.23. The Kier molecular flexibility index (Phi) is 3.03. The summed E-state index contributed by atoms with van der Waals surface area (Å²) in [5.41, 5.74) is 0.909. The van der Waals surface area contributed by atoms with E-state index in [0.29, 0.717) is 6.54 Å². The van der Waals surface area contributed by atoms with Crippen LogP contribution in [0.3, 0.4) is 0 Å². The van der Waals surface area contributed by atoms with E-state index < -0.39 is 0 Å². The lowest BCUT2D eigenvalue weighted by molar-refractivity contribution is -0.120. The summed E-state index contributed by atoms with van der Waals surface area (Å²) in [6, 6.07) is 3.59. The van der Waals surface area contributed by atoms with Gasteiger partial charge in [0.25, 0.3) is 0 Å². The molecule has 5 heteroatoms. The van der Waals surface area contributed by atoms with Crippen molar-refractivity contribution in [1.29, 1.82) is 5.26 Å². The molecule has 68 valence electrons. The molecular formula is C8H10N4O. The van der Waals surface area contributed by atoms with Crippen molar-refractivity contribution >= 4 is 5.91 Å². The number of nitrogens with zero attached hydrogens (tertiary/aromatic N) is 3. The second-order valence-corrected chi connectivity index (χ2v) is 2.56. The summed E-state index contributed by atoms with van der Waals surface area (Å²) in [4.78, 5) is 10.9. The summed E-state index contributed by atoms with van der Waals surface area (Å²) in [7, 11) is 1.80. The summed E-state index contributed by atoms with van der Waals surface area (Å²) < 4.78 is 1.67. The first-order valence-electron chi connectivity index (χ1n) is 3.84. The number of aromatic nitrogens is 2. The molecular weight excluding hydrogens is 168 g/mol. The predicted octanol–water partition coefficient (Wildman–Crippen LogP) is -0.0500. The van der Waals surface area contributed by atoms with Crippen molar-refractivity contribution < 1.29 is 4.79 Å². The van der Waals surface area contributed by atoms with E-state index in [4.69, 9.17) is 5.26 Å². The van der Waals surface area contributed by atoms with Gasteiger partial charge in [0.1, 0.15) is 6.42 Å². The average molecular weight is 178 g/mol. The first-order chi connectivity index (χ1) is 6.24. The highest BCUT2D eigenvalue weighted by atomic mass is 16.1. The molecule has 0 aromatic carbocycles. The highest BCUT2D eigenvalue weighted by Crippen LogP contribution is 1.94. The van der Waals surface area contributed by atoms with Crippen LogP contribution < -0.4 is 5.32 Å². The maximum Gasteiger partial charge on any atom is 0.234 e. The Labute approximate surface area is 76.0 Å². The van der Waals surface area contributed by atoms with Crippen molar-refractivity contribution in [3.8, 4) is 6.07 Å². The maximum absolute atomic E-state index is 10.9. The molecule has 0 aliphatic rings. The SMILES string of the molecule is Cn1nccc1CNC(=O)CC#N. The summed E-state index contributed by atoms with van der Waals surface area (Å²) in [5, 5.41) is 14.8. The van der Waals surface area contributed by atoms with Gasteiger partial charge in [-0.3, -0.25) is 9.48 Å². The van der Waals surface area contributed by atoms with Crippen molar-refractivity contribution in [2.24, 2.45) is 7.05 Å². The van der Waals surface area contributed by atoms with Crippen molar-refractivity contribution in [3.05, 3.63) is 18.0 Å². The van der Waals surface area contributed by atoms with Crippen LogP contribution in [0.1, 0.15) is 12.1 Å². The number of carbonyl (C=O) groups is 1. The van der Waals surface area contributed by atoms with Gasteiger partial charge in [-0.25, -0.2) is 0 Å². The number of nitrogens with one attached hydrogen (secondary N) is 1. The molecule has 0 saturated heterocycles. The van der Waals surface area contributed by atoms with E-state index in [1.165, 1.54) is 0 Å². The Bertz CT molecular complexity index is 336. The van der Waals surface area contributed by atoms with E-state index in [0.717, 1.165) is 5.69 Å². The molecule has 1 rings (SSSR count). The molecule has 13 heavy (non-hydrogen) atoms. The Balaban J connectivity index is 2.40. The van der Waals surface area contributed by atoms with Gasteiger partial charge >= 0.3 is 0 Å². The molecule has 0 fully saturated rings. The third-order valence-corrected chi connectivity index (χ3v) is 1.63. The van der Waals surface area contributed by atoms with Gasteiger partial charge in [0.05, 0.1) is 18.3 Å². The topological polar surface area (TPSA) is 70.7 Å². The first kappa shape index (κ1) is 9.26. The van der Waals surface area contributed by atoms with Crippen LogP contribution in [-0.4, -0.2) is 15.7 Å². The monoisotopic (exact) mass is 178 g/mol. The molecule has 1 aromatic rings. The minimum Gasteiger partial charge on any atom is -0.350 e. The number of carbonyl (C=O) groups excluding carboxylic acids is 1. The summed E-state index contributed by atoms with van der Waals surface area (Å²) in [6.45, 7) is 0.414. The molecule has 5 nitrogen and oxygen atoms in total. The molecule has 1 amide bonds. The minimum absolute atomic E-state index is 0.0994. The van der Waals surface area contributed by atoms with Crippen molar-refractivity contribution in [2.75, 3.05) is 0 Å². The summed E-state index contributed by atoms with van der Waals surface area (Å²) in [5.74, 6) is -0.260. The molecule has 0 aliphatic carbocycles. The lowest BCUT2D eigenvalue weighted by Gasteiger charge is -2.02. The van der Waals surface area contributed by atoms with E-state index in [-0.39, 0.29) is 12.3 Å². The van der Waals surface area contributed by atoms with Crippen molar-refractivity contribution in [3.63, 3.8) is 0 Å². The summed E-state index contributed by atoms with van der Waals surface area (Å²) >= 11 is 0. The van der Waals surface area contributed by atoms with Crippen LogP contribution in [0, 0.1) is 11.3 Å². The molecule has 1 heterocycles. The molecule has 0 bridgehead atoms. The number of aryl methyl sites for hydroxylation is 1. The standard InChI is InChI=1S/C8H10N4O/c1-12-7(3-5-11-12)6-10-8(13)2-4-9/h3,5H,2,6H2,1H3,(H,10,13). The maximum atomic E-state index is 10.9. The lowest BCUT2D eigenvalue weighted by atomic mass is 10.4. The van der Waals surface area contributed by atoms with E-state index in [9.17, 15) is 4.79 Å². The van der Waals surface area contributed by atoms with Gasteiger partial charge in [0, 0.05) is 13.2 Å². The number of rotatable bonds is 3. The van der Waals surface area contributed by atoms with Crippen LogP contribution in [0.2, 0.25) is 0 Å². The second-order valence-electron chi connectivity index (χ2n) is 2.56. The number of hydrogen-bond acceptors (Lipinski definition) is 3. The molecule has 0 atom stereocenters. The van der Waals surface area contributed by atoms with Gasteiger partial charge in [0.15, 0.2) is 0 Å². The normalized spacial score (nSPS) is 9.23. The number of hydrogen-bond donors (Lipinski definition) is 1. The zero-order valence-electron chi connectivity index (χ0n) is 7.32. The van der Waals surface area contributed by atoms with E-state index in [1.807, 2.05) is 6.07 Å². The second kappa shape index (κ2) is 4.26. The van der Waals surface area contributed by atoms with Crippen LogP contribution in [0.5, 0.6) is 0 Å². The van der Waals surface area contributed by atoms with E-state index in [2.05, 4.69) is 10.4 Å². The smallest absolute Gasteiger partial charge is 0.234 e. The van der Waals surface area contributed by atoms with Crippen LogP contribution >= 0.6 is 0 Å². The molecule has 0 spiro atoms. The van der Waals surface area contributed by atoms with Crippen molar-refractivity contribution in [1.82, 2.24) is 15.1 Å². The van der Waals surface area contributed by atoms with Gasteiger partial charge in [-0.15, -0.1) is 0 Å². The van der Waals surface area contributed by atoms with Crippen molar-refractivity contribution in [2.45, 2.75) is 13.0 Å². The zero-order chi connectivity index (χ0) is 9.68. The largest absolute Gasteiger partial charge is 0.350 e. The Morgan fingerprint density at radius 3 is 3.15 bits per heavy atom. The fourth-order valence-corrected chi connectivity index (χ4v) is 0.898. The first-order valence-corrected chi connectivity index (χ1v) is 3.84. The van der Waals surface area contributed by atoms with Gasteiger partial charge in [0.2, 0.25) is 5.91 Å². The Hall–Kier alpha value is -1.83. The molecule has 0 unspecified atom stereocenters. The predicted molar refractivity (Wildman–Crippen MR) is 45.3 cm³/mol. The summed E-state index contributed by atoms with van der Waals surface area (Å²) in [6.07, 6.45) is 1.56. The average Bonchev–Trinajstić information content (AvgIpc) is 2.48. The van der Waals surface area contributed by atoms with Gasteiger partial charge in [-0.2, -0.15) is 10.4 Å². The fourth-order valence-electron chi connectivity index (χ4n) is 0.898. The number of amides is 1. The molecule has 1 N–H and O–H groups in total. The van der Waals surface area contributed by atoms with Gasteiger partial charge in [-0.1, -0.05) is 0 Å². The Morgan fingerprint density at radius 1 is 1.85 bits per heavy atom. The van der Waals surface area contributed by atoms with Gasteiger partial charge < -0.3 is 5.32 Å². The Morgan fingerprint density at radius 2 is 2.62 bits per heavy atom. The highest BCUT2D eigenvalue weighted by molar-refractivity contribution is 5.77. The van der Waals surface area contributed by atoms with E-state index in [1.54, 1.807) is 24.0 Å². The molecule has 0 aliphatic heterocycles. The number of nitriles is 1. The molecule has 1 aromatic heterocycles. The van der Waals surface area contributed by atoms with Crippen LogP contribution in [0.4, 0.5) is 0 Å². The van der Waals surface area contributed by atoms with Gasteiger partial charge in [-0.05, 0) is 6.07 Å².